The summed E-state index contributed by atoms with van der Waals surface area (Å²) in [6.45, 7) is 5.47. The van der Waals surface area contributed by atoms with E-state index in [1.165, 1.54) is 38.8 Å². The van der Waals surface area contributed by atoms with Crippen molar-refractivity contribution in [2.24, 2.45) is 5.92 Å². The molecule has 4 aliphatic rings. The van der Waals surface area contributed by atoms with Crippen LogP contribution in [0.3, 0.4) is 0 Å². The fourth-order valence-electron chi connectivity index (χ4n) is 4.26. The Bertz CT molecular complexity index is 561. The maximum Gasteiger partial charge on any atom is 0.274 e. The average molecular weight is 315 g/mol. The highest BCUT2D eigenvalue weighted by atomic mass is 16.2. The number of anilines is 1. The predicted octanol–water partition coefficient (Wildman–Crippen LogP) is 1.24. The maximum absolute atomic E-state index is 12.7. The number of aromatic nitrogens is 2. The van der Waals surface area contributed by atoms with Gasteiger partial charge in [0.25, 0.3) is 5.91 Å². The number of likely N-dealkylation sites (N-methyl/N-ethyl adjacent to an activating group) is 1. The molecular formula is C17H25N5O. The van der Waals surface area contributed by atoms with Crippen LogP contribution in [0, 0.1) is 5.92 Å². The molecule has 0 spiro atoms. The van der Waals surface area contributed by atoms with E-state index in [-0.39, 0.29) is 5.91 Å². The van der Waals surface area contributed by atoms with E-state index in [0.717, 1.165) is 25.5 Å². The van der Waals surface area contributed by atoms with Crippen LogP contribution in [0.25, 0.3) is 0 Å². The van der Waals surface area contributed by atoms with Crippen molar-refractivity contribution in [3.8, 4) is 0 Å². The molecule has 1 aromatic heterocycles. The van der Waals surface area contributed by atoms with Gasteiger partial charge in [0.1, 0.15) is 0 Å². The summed E-state index contributed by atoms with van der Waals surface area (Å²) in [4.78, 5) is 19.3. The predicted molar refractivity (Wildman–Crippen MR) is 88.5 cm³/mol. The molecule has 124 valence electrons. The summed E-state index contributed by atoms with van der Waals surface area (Å²) in [6.07, 6.45) is 4.85. The zero-order chi connectivity index (χ0) is 15.8. The summed E-state index contributed by atoms with van der Waals surface area (Å²) >= 11 is 0. The van der Waals surface area contributed by atoms with E-state index in [1.54, 1.807) is 0 Å². The topological polar surface area (TPSA) is 52.6 Å². The van der Waals surface area contributed by atoms with Crippen molar-refractivity contribution in [1.29, 1.82) is 0 Å². The molecule has 23 heavy (non-hydrogen) atoms. The first-order valence-electron chi connectivity index (χ1n) is 8.80. The molecule has 1 unspecified atom stereocenters. The van der Waals surface area contributed by atoms with Crippen LogP contribution in [0.1, 0.15) is 36.2 Å². The number of carbonyl (C=O) groups is 1. The van der Waals surface area contributed by atoms with E-state index in [0.29, 0.717) is 17.7 Å². The number of hydrogen-bond acceptors (Lipinski definition) is 5. The minimum absolute atomic E-state index is 0.00391. The Morgan fingerprint density at radius 1 is 1.13 bits per heavy atom. The monoisotopic (exact) mass is 315 g/mol. The van der Waals surface area contributed by atoms with Crippen molar-refractivity contribution in [1.82, 2.24) is 20.0 Å². The van der Waals surface area contributed by atoms with Crippen LogP contribution in [0.15, 0.2) is 12.1 Å². The number of amides is 1. The lowest BCUT2D eigenvalue weighted by molar-refractivity contribution is 0.0158. The first kappa shape index (κ1) is 14.9. The van der Waals surface area contributed by atoms with Crippen LogP contribution >= 0.6 is 0 Å². The van der Waals surface area contributed by atoms with E-state index >= 15 is 0 Å². The third kappa shape index (κ3) is 2.80. The van der Waals surface area contributed by atoms with Crippen molar-refractivity contribution >= 4 is 11.7 Å². The second-order valence-corrected chi connectivity index (χ2v) is 7.09. The zero-order valence-electron chi connectivity index (χ0n) is 13.8. The lowest BCUT2D eigenvalue weighted by Gasteiger charge is -2.47. The molecule has 6 nitrogen and oxygen atoms in total. The molecule has 0 saturated carbocycles. The second kappa shape index (κ2) is 6.07. The van der Waals surface area contributed by atoms with Crippen LogP contribution < -0.4 is 4.90 Å². The molecule has 4 fully saturated rings. The smallest absolute Gasteiger partial charge is 0.274 e. The summed E-state index contributed by atoms with van der Waals surface area (Å²) in [5, 5.41) is 8.48. The number of carbonyl (C=O) groups excluding carboxylic acids is 1. The Labute approximate surface area is 137 Å². The first-order valence-corrected chi connectivity index (χ1v) is 8.80. The fourth-order valence-corrected chi connectivity index (χ4v) is 4.26. The van der Waals surface area contributed by atoms with Gasteiger partial charge in [-0.05, 0) is 56.8 Å². The maximum atomic E-state index is 12.7. The van der Waals surface area contributed by atoms with Crippen LogP contribution in [0.5, 0.6) is 0 Å². The van der Waals surface area contributed by atoms with Gasteiger partial charge in [0.15, 0.2) is 11.5 Å². The average Bonchev–Trinajstić information content (AvgIpc) is 3.16. The summed E-state index contributed by atoms with van der Waals surface area (Å²) < 4.78 is 0. The van der Waals surface area contributed by atoms with E-state index < -0.39 is 0 Å². The van der Waals surface area contributed by atoms with Gasteiger partial charge in [0.05, 0.1) is 0 Å². The number of fused-ring (bicyclic) bond motifs is 3. The Balaban J connectivity index is 1.45. The van der Waals surface area contributed by atoms with E-state index in [1.807, 2.05) is 24.1 Å². The van der Waals surface area contributed by atoms with Gasteiger partial charge in [-0.25, -0.2) is 0 Å². The Morgan fingerprint density at radius 3 is 2.43 bits per heavy atom. The molecule has 0 aromatic carbocycles. The summed E-state index contributed by atoms with van der Waals surface area (Å²) in [5.41, 5.74) is 0.465. The third-order valence-electron chi connectivity index (χ3n) is 5.74. The molecule has 5 heterocycles. The van der Waals surface area contributed by atoms with Gasteiger partial charge in [0, 0.05) is 32.7 Å². The molecular weight excluding hydrogens is 290 g/mol. The number of rotatable bonds is 3. The SMILES string of the molecule is CN(C(=O)c1ccc(N2CCCC2)nn1)C1CN2CCC1CC2. The quantitative estimate of drug-likeness (QED) is 0.840. The zero-order valence-corrected chi connectivity index (χ0v) is 13.8. The Hall–Kier alpha value is -1.69. The summed E-state index contributed by atoms with van der Waals surface area (Å²) in [7, 11) is 1.92. The molecule has 1 atom stereocenters. The van der Waals surface area contributed by atoms with Crippen LogP contribution in [0.2, 0.25) is 0 Å². The molecule has 0 aliphatic carbocycles. The third-order valence-corrected chi connectivity index (χ3v) is 5.74. The molecule has 1 aromatic rings. The van der Waals surface area contributed by atoms with Gasteiger partial charge in [-0.15, -0.1) is 10.2 Å². The van der Waals surface area contributed by atoms with Gasteiger partial charge in [-0.1, -0.05) is 0 Å². The Morgan fingerprint density at radius 2 is 1.87 bits per heavy atom. The number of piperidine rings is 3. The number of nitrogens with zero attached hydrogens (tertiary/aromatic N) is 5. The lowest BCUT2D eigenvalue weighted by atomic mass is 9.83. The molecule has 5 rings (SSSR count). The highest BCUT2D eigenvalue weighted by Crippen LogP contribution is 2.30. The van der Waals surface area contributed by atoms with E-state index in [2.05, 4.69) is 20.0 Å². The van der Waals surface area contributed by atoms with Gasteiger partial charge in [-0.3, -0.25) is 4.79 Å². The molecule has 4 saturated heterocycles. The molecule has 0 radical (unpaired) electrons. The molecule has 0 N–H and O–H groups in total. The molecule has 1 amide bonds. The minimum Gasteiger partial charge on any atom is -0.355 e. The van der Waals surface area contributed by atoms with Gasteiger partial charge in [-0.2, -0.15) is 0 Å². The van der Waals surface area contributed by atoms with Crippen LogP contribution in [-0.2, 0) is 0 Å². The number of hydrogen-bond donors (Lipinski definition) is 0. The fraction of sp³-hybridized carbons (Fsp3) is 0.706. The molecule has 4 aliphatic heterocycles. The minimum atomic E-state index is 0.00391. The summed E-state index contributed by atoms with van der Waals surface area (Å²) in [6, 6.07) is 4.10. The van der Waals surface area contributed by atoms with Crippen LogP contribution in [-0.4, -0.2) is 71.7 Å². The lowest BCUT2D eigenvalue weighted by Crippen LogP contribution is -2.57. The normalized spacial score (nSPS) is 29.8. The van der Waals surface area contributed by atoms with Gasteiger partial charge >= 0.3 is 0 Å². The standard InChI is InChI=1S/C17H25N5O/c1-20(15-12-21-10-6-13(15)7-11-21)17(23)14-4-5-16(19-18-14)22-8-2-3-9-22/h4-5,13,15H,2-3,6-12H2,1H3. The van der Waals surface area contributed by atoms with Crippen molar-refractivity contribution in [2.75, 3.05) is 44.7 Å². The van der Waals surface area contributed by atoms with E-state index in [9.17, 15) is 4.79 Å². The highest BCUT2D eigenvalue weighted by Gasteiger charge is 2.38. The van der Waals surface area contributed by atoms with Crippen LogP contribution in [0.4, 0.5) is 5.82 Å². The Kier molecular flexibility index (Phi) is 3.93. The largest absolute Gasteiger partial charge is 0.355 e. The van der Waals surface area contributed by atoms with Gasteiger partial charge in [0.2, 0.25) is 0 Å². The highest BCUT2D eigenvalue weighted by molar-refractivity contribution is 5.92. The molecule has 2 bridgehead atoms. The van der Waals surface area contributed by atoms with Crippen molar-refractivity contribution < 1.29 is 4.79 Å². The van der Waals surface area contributed by atoms with Crippen molar-refractivity contribution in [3.05, 3.63) is 17.8 Å². The van der Waals surface area contributed by atoms with E-state index in [4.69, 9.17) is 0 Å². The van der Waals surface area contributed by atoms with Gasteiger partial charge < -0.3 is 14.7 Å². The van der Waals surface area contributed by atoms with Crippen molar-refractivity contribution in [3.63, 3.8) is 0 Å². The molecule has 6 heteroatoms. The van der Waals surface area contributed by atoms with Crippen molar-refractivity contribution in [2.45, 2.75) is 31.7 Å². The second-order valence-electron chi connectivity index (χ2n) is 7.09. The summed E-state index contributed by atoms with van der Waals surface area (Å²) in [5.74, 6) is 1.54. The first-order chi connectivity index (χ1) is 11.2.